The minimum Gasteiger partial charge on any atom is -0.399 e. The number of pyridine rings is 1. The van der Waals surface area contributed by atoms with Gasteiger partial charge in [-0.1, -0.05) is 18.2 Å². The largest absolute Gasteiger partial charge is 0.494 e. The third kappa shape index (κ3) is 3.75. The summed E-state index contributed by atoms with van der Waals surface area (Å²) in [7, 11) is -0.421. The third-order valence-corrected chi connectivity index (χ3v) is 4.85. The van der Waals surface area contributed by atoms with E-state index >= 15 is 0 Å². The Morgan fingerprint density at radius 2 is 1.68 bits per heavy atom. The first-order valence-electron chi connectivity index (χ1n) is 8.42. The van der Waals surface area contributed by atoms with Gasteiger partial charge in [0.05, 0.1) is 23.4 Å². The summed E-state index contributed by atoms with van der Waals surface area (Å²) in [6, 6.07) is 12.9. The lowest BCUT2D eigenvalue weighted by Gasteiger charge is -2.32. The van der Waals surface area contributed by atoms with Crippen molar-refractivity contribution < 1.29 is 14.1 Å². The van der Waals surface area contributed by atoms with Crippen LogP contribution in [0.2, 0.25) is 0 Å². The first-order chi connectivity index (χ1) is 11.8. The highest BCUT2D eigenvalue weighted by atomic mass is 16.7. The Bertz CT molecular complexity index is 729. The molecule has 0 saturated carbocycles. The van der Waals surface area contributed by atoms with E-state index in [2.05, 4.69) is 10.3 Å². The maximum Gasteiger partial charge on any atom is 0.494 e. The fraction of sp³-hybridized carbons (Fsp3) is 0.368. The van der Waals surface area contributed by atoms with Gasteiger partial charge in [0.15, 0.2) is 0 Å². The van der Waals surface area contributed by atoms with Crippen molar-refractivity contribution in [2.45, 2.75) is 45.4 Å². The summed E-state index contributed by atoms with van der Waals surface area (Å²) < 4.78 is 12.0. The average molecular weight is 338 g/mol. The second-order valence-corrected chi connectivity index (χ2v) is 7.21. The molecule has 1 aromatic carbocycles. The van der Waals surface area contributed by atoms with Crippen molar-refractivity contribution in [3.8, 4) is 0 Å². The molecule has 1 aliphatic heterocycles. The molecule has 0 radical (unpaired) electrons. The van der Waals surface area contributed by atoms with Gasteiger partial charge < -0.3 is 14.6 Å². The highest BCUT2D eigenvalue weighted by Gasteiger charge is 2.51. The number of benzene rings is 1. The molecule has 1 saturated heterocycles. The molecule has 1 amide bonds. The molecule has 1 fully saturated rings. The van der Waals surface area contributed by atoms with Crippen molar-refractivity contribution in [2.75, 3.05) is 0 Å². The molecule has 6 heteroatoms. The van der Waals surface area contributed by atoms with E-state index in [0.29, 0.717) is 12.1 Å². The molecular formula is C19H23BN2O3. The summed E-state index contributed by atoms with van der Waals surface area (Å²) in [5.41, 5.74) is 1.56. The average Bonchev–Trinajstić information content (AvgIpc) is 2.81. The molecule has 0 aliphatic carbocycles. The van der Waals surface area contributed by atoms with Crippen molar-refractivity contribution in [1.29, 1.82) is 0 Å². The van der Waals surface area contributed by atoms with Crippen LogP contribution < -0.4 is 10.8 Å². The smallest absolute Gasteiger partial charge is 0.399 e. The van der Waals surface area contributed by atoms with Gasteiger partial charge in [0.25, 0.3) is 5.91 Å². The van der Waals surface area contributed by atoms with Crippen molar-refractivity contribution in [3.63, 3.8) is 0 Å². The van der Waals surface area contributed by atoms with Crippen LogP contribution in [0.15, 0.2) is 48.7 Å². The number of nitrogens with one attached hydrogen (secondary N) is 1. The lowest BCUT2D eigenvalue weighted by atomic mass is 9.79. The number of carbonyl (C=O) groups is 1. The van der Waals surface area contributed by atoms with E-state index in [4.69, 9.17) is 9.31 Å². The van der Waals surface area contributed by atoms with Gasteiger partial charge in [0.2, 0.25) is 0 Å². The van der Waals surface area contributed by atoms with Crippen LogP contribution in [0.1, 0.15) is 43.7 Å². The number of carbonyl (C=O) groups excluding carboxylic acids is 1. The van der Waals surface area contributed by atoms with Crippen LogP contribution in [0, 0.1) is 0 Å². The zero-order valence-electron chi connectivity index (χ0n) is 15.1. The lowest BCUT2D eigenvalue weighted by Crippen LogP contribution is -2.41. The van der Waals surface area contributed by atoms with Gasteiger partial charge >= 0.3 is 7.12 Å². The number of rotatable bonds is 4. The molecule has 0 atom stereocenters. The minimum atomic E-state index is -0.421. The van der Waals surface area contributed by atoms with E-state index in [9.17, 15) is 4.79 Å². The fourth-order valence-electron chi connectivity index (χ4n) is 2.55. The Kier molecular flexibility index (Phi) is 4.67. The van der Waals surface area contributed by atoms with E-state index < -0.39 is 7.12 Å². The molecule has 1 aliphatic rings. The van der Waals surface area contributed by atoms with Crippen molar-refractivity contribution in [1.82, 2.24) is 10.3 Å². The zero-order chi connectivity index (χ0) is 18.1. The topological polar surface area (TPSA) is 60.5 Å². The van der Waals surface area contributed by atoms with Crippen molar-refractivity contribution in [2.24, 2.45) is 0 Å². The molecule has 0 spiro atoms. The lowest BCUT2D eigenvalue weighted by molar-refractivity contribution is 0.00578. The van der Waals surface area contributed by atoms with Crippen LogP contribution in [0.25, 0.3) is 0 Å². The number of amides is 1. The number of hydrogen-bond donors (Lipinski definition) is 1. The molecule has 0 unspecified atom stereocenters. The van der Waals surface area contributed by atoms with Gasteiger partial charge in [-0.15, -0.1) is 0 Å². The van der Waals surface area contributed by atoms with Gasteiger partial charge in [-0.25, -0.2) is 0 Å². The Morgan fingerprint density at radius 1 is 1.04 bits per heavy atom. The van der Waals surface area contributed by atoms with Gasteiger partial charge in [-0.05, 0) is 57.4 Å². The number of aromatic nitrogens is 1. The molecule has 0 bridgehead atoms. The SMILES string of the molecule is CC1(C)OB(c2ccc(C(=O)NCc3ccccn3)cc2)OC1(C)C. The summed E-state index contributed by atoms with van der Waals surface area (Å²) in [5, 5.41) is 2.87. The van der Waals surface area contributed by atoms with Crippen LogP contribution in [-0.2, 0) is 15.9 Å². The first-order valence-corrected chi connectivity index (χ1v) is 8.42. The van der Waals surface area contributed by atoms with E-state index in [1.807, 2.05) is 58.0 Å². The number of nitrogens with zero attached hydrogens (tertiary/aromatic N) is 1. The molecule has 2 heterocycles. The van der Waals surface area contributed by atoms with Crippen molar-refractivity contribution >= 4 is 18.5 Å². The second-order valence-electron chi connectivity index (χ2n) is 7.21. The van der Waals surface area contributed by atoms with E-state index in [1.54, 1.807) is 18.3 Å². The van der Waals surface area contributed by atoms with Gasteiger partial charge in [-0.2, -0.15) is 0 Å². The fourth-order valence-corrected chi connectivity index (χ4v) is 2.55. The third-order valence-electron chi connectivity index (χ3n) is 4.85. The Hall–Kier alpha value is -2.18. The van der Waals surface area contributed by atoms with Crippen LogP contribution in [0.4, 0.5) is 0 Å². The Labute approximate surface area is 148 Å². The van der Waals surface area contributed by atoms with Gasteiger partial charge in [-0.3, -0.25) is 9.78 Å². The standard InChI is InChI=1S/C19H23BN2O3/c1-18(2)19(3,4)25-20(24-18)15-10-8-14(9-11-15)17(23)22-13-16-7-5-6-12-21-16/h5-12H,13H2,1-4H3,(H,22,23). The van der Waals surface area contributed by atoms with Crippen LogP contribution >= 0.6 is 0 Å². The van der Waals surface area contributed by atoms with Gasteiger partial charge in [0, 0.05) is 11.8 Å². The molecular weight excluding hydrogens is 315 g/mol. The summed E-state index contributed by atoms with van der Waals surface area (Å²) in [4.78, 5) is 16.4. The molecule has 130 valence electrons. The summed E-state index contributed by atoms with van der Waals surface area (Å²) >= 11 is 0. The predicted molar refractivity (Wildman–Crippen MR) is 97.6 cm³/mol. The summed E-state index contributed by atoms with van der Waals surface area (Å²) in [6.45, 7) is 8.48. The van der Waals surface area contributed by atoms with E-state index in [0.717, 1.165) is 11.2 Å². The predicted octanol–water partition coefficient (Wildman–Crippen LogP) is 2.31. The maximum absolute atomic E-state index is 12.3. The molecule has 3 rings (SSSR count). The van der Waals surface area contributed by atoms with Gasteiger partial charge in [0.1, 0.15) is 0 Å². The second kappa shape index (κ2) is 6.62. The normalized spacial score (nSPS) is 18.2. The van der Waals surface area contributed by atoms with E-state index in [1.165, 1.54) is 0 Å². The molecule has 25 heavy (non-hydrogen) atoms. The van der Waals surface area contributed by atoms with Crippen molar-refractivity contribution in [3.05, 3.63) is 59.9 Å². The Morgan fingerprint density at radius 3 is 2.24 bits per heavy atom. The summed E-state index contributed by atoms with van der Waals surface area (Å²) in [6.07, 6.45) is 1.71. The summed E-state index contributed by atoms with van der Waals surface area (Å²) in [5.74, 6) is -0.133. The molecule has 5 nitrogen and oxygen atoms in total. The van der Waals surface area contributed by atoms with E-state index in [-0.39, 0.29) is 17.1 Å². The monoisotopic (exact) mass is 338 g/mol. The molecule has 1 N–H and O–H groups in total. The zero-order valence-corrected chi connectivity index (χ0v) is 15.1. The van der Waals surface area contributed by atoms with Crippen LogP contribution in [0.3, 0.4) is 0 Å². The Balaban J connectivity index is 1.63. The molecule has 1 aromatic heterocycles. The minimum absolute atomic E-state index is 0.133. The quantitative estimate of drug-likeness (QED) is 0.869. The highest BCUT2D eigenvalue weighted by Crippen LogP contribution is 2.36. The van der Waals surface area contributed by atoms with Crippen LogP contribution in [-0.4, -0.2) is 29.2 Å². The van der Waals surface area contributed by atoms with Crippen LogP contribution in [0.5, 0.6) is 0 Å². The highest BCUT2D eigenvalue weighted by molar-refractivity contribution is 6.62. The number of hydrogen-bond acceptors (Lipinski definition) is 4. The first kappa shape index (κ1) is 17.6. The maximum atomic E-state index is 12.3. The molecule has 2 aromatic rings.